The molecule has 0 fully saturated rings. The maximum Gasteiger partial charge on any atom is 0.325 e. The number of amides is 3. The number of benzene rings is 2. The Morgan fingerprint density at radius 3 is 2.57 bits per heavy atom. The molecular formula is C23H24N6O5S. The first-order valence-electron chi connectivity index (χ1n) is 10.6. The number of nitrogens with one attached hydrogen (secondary N) is 4. The lowest BCUT2D eigenvalue weighted by atomic mass is 10.3. The summed E-state index contributed by atoms with van der Waals surface area (Å²) in [4.78, 5) is 36.6. The van der Waals surface area contributed by atoms with Gasteiger partial charge in [-0.25, -0.2) is 14.8 Å². The first kappa shape index (κ1) is 24.1. The number of aromatic nitrogens is 3. The molecule has 2 aromatic heterocycles. The SMILES string of the molecule is COCCOCC(=O)Nc1nc2cc(Oc3ccc(NC(=O)Nc4ncc(C)s4)cc3)ccc2[nH]1. The van der Waals surface area contributed by atoms with Crippen LogP contribution >= 0.6 is 11.3 Å². The van der Waals surface area contributed by atoms with Gasteiger partial charge >= 0.3 is 6.03 Å². The number of urea groups is 1. The largest absolute Gasteiger partial charge is 0.457 e. The zero-order valence-electron chi connectivity index (χ0n) is 19.1. The average Bonchev–Trinajstić information content (AvgIpc) is 3.42. The van der Waals surface area contributed by atoms with E-state index in [1.54, 1.807) is 49.7 Å². The van der Waals surface area contributed by atoms with E-state index in [4.69, 9.17) is 14.2 Å². The molecule has 0 aliphatic heterocycles. The van der Waals surface area contributed by atoms with Gasteiger partial charge < -0.3 is 24.5 Å². The van der Waals surface area contributed by atoms with Crippen molar-refractivity contribution < 1.29 is 23.8 Å². The number of ether oxygens (including phenoxy) is 3. The van der Waals surface area contributed by atoms with Crippen LogP contribution in [-0.2, 0) is 14.3 Å². The number of fused-ring (bicyclic) bond motifs is 1. The molecule has 2 aromatic carbocycles. The summed E-state index contributed by atoms with van der Waals surface area (Å²) in [5, 5.41) is 8.63. The van der Waals surface area contributed by atoms with Gasteiger partial charge in [-0.1, -0.05) is 0 Å². The van der Waals surface area contributed by atoms with Crippen LogP contribution in [0.3, 0.4) is 0 Å². The molecule has 0 aliphatic rings. The summed E-state index contributed by atoms with van der Waals surface area (Å²) in [6.07, 6.45) is 1.70. The summed E-state index contributed by atoms with van der Waals surface area (Å²) in [6.45, 7) is 2.58. The molecule has 0 aliphatic carbocycles. The smallest absolute Gasteiger partial charge is 0.325 e. The fourth-order valence-corrected chi connectivity index (χ4v) is 3.66. The molecule has 0 saturated heterocycles. The monoisotopic (exact) mass is 496 g/mol. The number of hydrogen-bond donors (Lipinski definition) is 4. The van der Waals surface area contributed by atoms with Gasteiger partial charge in [-0.05, 0) is 43.3 Å². The van der Waals surface area contributed by atoms with E-state index in [0.29, 0.717) is 47.0 Å². The maximum atomic E-state index is 12.1. The Bertz CT molecular complexity index is 1300. The molecule has 12 heteroatoms. The summed E-state index contributed by atoms with van der Waals surface area (Å²) in [7, 11) is 1.56. The molecule has 4 rings (SSSR count). The summed E-state index contributed by atoms with van der Waals surface area (Å²) in [5.74, 6) is 1.16. The number of H-pyrrole nitrogens is 1. The third kappa shape index (κ3) is 6.99. The van der Waals surface area contributed by atoms with E-state index in [0.717, 1.165) is 10.4 Å². The van der Waals surface area contributed by atoms with Gasteiger partial charge in [0.15, 0.2) is 5.13 Å². The van der Waals surface area contributed by atoms with Crippen molar-refractivity contribution in [3.63, 3.8) is 0 Å². The second-order valence-electron chi connectivity index (χ2n) is 7.34. The highest BCUT2D eigenvalue weighted by atomic mass is 32.1. The van der Waals surface area contributed by atoms with Gasteiger partial charge in [-0.2, -0.15) is 0 Å². The third-order valence-corrected chi connectivity index (χ3v) is 5.40. The molecule has 0 spiro atoms. The molecule has 4 aromatic rings. The molecule has 2 heterocycles. The first-order chi connectivity index (χ1) is 17.0. The second kappa shape index (κ2) is 11.4. The number of methoxy groups -OCH3 is 1. The van der Waals surface area contributed by atoms with Gasteiger partial charge in [0, 0.05) is 29.9 Å². The number of nitrogens with zero attached hydrogens (tertiary/aromatic N) is 2. The molecule has 3 amide bonds. The Hall–Kier alpha value is -4.00. The molecule has 0 radical (unpaired) electrons. The van der Waals surface area contributed by atoms with E-state index in [1.165, 1.54) is 11.3 Å². The minimum Gasteiger partial charge on any atom is -0.457 e. The van der Waals surface area contributed by atoms with Crippen LogP contribution in [0.4, 0.5) is 21.6 Å². The number of rotatable bonds is 10. The number of carbonyl (C=O) groups is 2. The quantitative estimate of drug-likeness (QED) is 0.239. The lowest BCUT2D eigenvalue weighted by Gasteiger charge is -2.08. The number of imidazole rings is 1. The fraction of sp³-hybridized carbons (Fsp3) is 0.217. The van der Waals surface area contributed by atoms with E-state index in [2.05, 4.69) is 30.9 Å². The van der Waals surface area contributed by atoms with Gasteiger partial charge in [-0.3, -0.25) is 15.4 Å². The molecule has 0 bridgehead atoms. The van der Waals surface area contributed by atoms with Crippen molar-refractivity contribution in [2.45, 2.75) is 6.92 Å². The Morgan fingerprint density at radius 2 is 1.83 bits per heavy atom. The zero-order chi connectivity index (χ0) is 24.6. The van der Waals surface area contributed by atoms with Crippen molar-refractivity contribution in [1.29, 1.82) is 0 Å². The molecule has 0 unspecified atom stereocenters. The van der Waals surface area contributed by atoms with Crippen LogP contribution < -0.4 is 20.7 Å². The lowest BCUT2D eigenvalue weighted by molar-refractivity contribution is -0.121. The standard InChI is InChI=1S/C23H24N6O5S/c1-14-12-24-23(35-14)29-22(31)25-15-3-5-16(6-4-15)34-17-7-8-18-19(11-17)27-21(26-18)28-20(30)13-33-10-9-32-2/h3-8,11-12H,9-10,13H2,1-2H3,(H2,24,25,29,31)(H2,26,27,28,30). The van der Waals surface area contributed by atoms with Crippen molar-refractivity contribution in [3.8, 4) is 11.5 Å². The minimum atomic E-state index is -0.374. The van der Waals surface area contributed by atoms with Crippen molar-refractivity contribution >= 4 is 51.1 Å². The predicted molar refractivity (Wildman–Crippen MR) is 133 cm³/mol. The molecule has 35 heavy (non-hydrogen) atoms. The van der Waals surface area contributed by atoms with Crippen molar-refractivity contribution in [1.82, 2.24) is 15.0 Å². The summed E-state index contributed by atoms with van der Waals surface area (Å²) < 4.78 is 16.0. The van der Waals surface area contributed by atoms with Crippen LogP contribution in [0.15, 0.2) is 48.7 Å². The number of thiazole rings is 1. The van der Waals surface area contributed by atoms with Crippen molar-refractivity contribution in [3.05, 3.63) is 53.5 Å². The molecular weight excluding hydrogens is 472 g/mol. The fourth-order valence-electron chi connectivity index (χ4n) is 3.00. The molecule has 11 nitrogen and oxygen atoms in total. The highest BCUT2D eigenvalue weighted by Crippen LogP contribution is 2.26. The Morgan fingerprint density at radius 1 is 1.03 bits per heavy atom. The van der Waals surface area contributed by atoms with Gasteiger partial charge in [0.05, 0.1) is 24.2 Å². The normalized spacial score (nSPS) is 10.8. The van der Waals surface area contributed by atoms with E-state index >= 15 is 0 Å². The van der Waals surface area contributed by atoms with Crippen LogP contribution in [0.2, 0.25) is 0 Å². The average molecular weight is 497 g/mol. The number of aromatic amines is 1. The Kier molecular flexibility index (Phi) is 7.88. The molecule has 0 atom stereocenters. The Balaban J connectivity index is 1.31. The summed E-state index contributed by atoms with van der Waals surface area (Å²) in [5.41, 5.74) is 1.98. The van der Waals surface area contributed by atoms with Crippen molar-refractivity contribution in [2.24, 2.45) is 0 Å². The number of aryl methyl sites for hydroxylation is 1. The zero-order valence-corrected chi connectivity index (χ0v) is 19.9. The highest BCUT2D eigenvalue weighted by molar-refractivity contribution is 7.15. The van der Waals surface area contributed by atoms with Crippen LogP contribution in [0.1, 0.15) is 4.88 Å². The number of carbonyl (C=O) groups excluding carboxylic acids is 2. The second-order valence-corrected chi connectivity index (χ2v) is 8.57. The predicted octanol–water partition coefficient (Wildman–Crippen LogP) is 4.37. The molecule has 182 valence electrons. The van der Waals surface area contributed by atoms with Gasteiger partial charge in [0.25, 0.3) is 5.91 Å². The Labute approximate surface area is 204 Å². The highest BCUT2D eigenvalue weighted by Gasteiger charge is 2.09. The van der Waals surface area contributed by atoms with E-state index in [9.17, 15) is 9.59 Å². The van der Waals surface area contributed by atoms with Crippen LogP contribution in [0.25, 0.3) is 11.0 Å². The third-order valence-electron chi connectivity index (χ3n) is 4.57. The van der Waals surface area contributed by atoms with Gasteiger partial charge in [0.1, 0.15) is 18.1 Å². The molecule has 0 saturated carbocycles. The van der Waals surface area contributed by atoms with Gasteiger partial charge in [-0.15, -0.1) is 11.3 Å². The first-order valence-corrected chi connectivity index (χ1v) is 11.4. The summed E-state index contributed by atoms with van der Waals surface area (Å²) in [6, 6.07) is 11.9. The number of hydrogen-bond acceptors (Lipinski definition) is 8. The van der Waals surface area contributed by atoms with Crippen LogP contribution in [0, 0.1) is 6.92 Å². The molecule has 4 N–H and O–H groups in total. The lowest BCUT2D eigenvalue weighted by Crippen LogP contribution is -2.20. The van der Waals surface area contributed by atoms with E-state index in [-0.39, 0.29) is 18.5 Å². The van der Waals surface area contributed by atoms with E-state index in [1.807, 2.05) is 13.0 Å². The topological polar surface area (TPSA) is 139 Å². The van der Waals surface area contributed by atoms with Crippen LogP contribution in [-0.4, -0.2) is 53.8 Å². The van der Waals surface area contributed by atoms with Crippen LogP contribution in [0.5, 0.6) is 11.5 Å². The minimum absolute atomic E-state index is 0.0914. The van der Waals surface area contributed by atoms with Crippen molar-refractivity contribution in [2.75, 3.05) is 42.9 Å². The van der Waals surface area contributed by atoms with Gasteiger partial charge in [0.2, 0.25) is 5.95 Å². The van der Waals surface area contributed by atoms with E-state index < -0.39 is 0 Å². The number of anilines is 3. The maximum absolute atomic E-state index is 12.1. The summed E-state index contributed by atoms with van der Waals surface area (Å²) >= 11 is 1.40.